The van der Waals surface area contributed by atoms with Gasteiger partial charge in [-0.15, -0.1) is 0 Å². The summed E-state index contributed by atoms with van der Waals surface area (Å²) >= 11 is 0. The van der Waals surface area contributed by atoms with Crippen LogP contribution in [0.15, 0.2) is 48.2 Å². The maximum atomic E-state index is 13.6. The van der Waals surface area contributed by atoms with Crippen molar-refractivity contribution >= 4 is 17.4 Å². The molecule has 6 nitrogen and oxygen atoms in total. The molecule has 6 heteroatoms. The molecule has 218 valence electrons. The molecule has 40 heavy (non-hydrogen) atoms. The van der Waals surface area contributed by atoms with E-state index in [9.17, 15) is 14.7 Å². The Labute approximate surface area is 241 Å². The molecule has 1 aromatic rings. The van der Waals surface area contributed by atoms with Crippen molar-refractivity contribution in [3.05, 3.63) is 53.7 Å². The van der Waals surface area contributed by atoms with Crippen molar-refractivity contribution in [3.8, 4) is 0 Å². The van der Waals surface area contributed by atoms with Gasteiger partial charge in [-0.2, -0.15) is 0 Å². The monoisotopic (exact) mass is 547 g/mol. The van der Waals surface area contributed by atoms with Gasteiger partial charge in [-0.05, 0) is 42.7 Å². The number of aliphatic hydroxyl groups is 1. The fourth-order valence-electron chi connectivity index (χ4n) is 7.40. The molecule has 2 saturated heterocycles. The molecule has 3 fully saturated rings. The number of rotatable bonds is 7. The fraction of sp³-hybridized carbons (Fsp3) is 0.647. The lowest BCUT2D eigenvalue weighted by Gasteiger charge is -2.52. The zero-order valence-electron chi connectivity index (χ0n) is 24.9. The van der Waals surface area contributed by atoms with E-state index in [1.165, 1.54) is 32.1 Å². The van der Waals surface area contributed by atoms with Gasteiger partial charge in [0.15, 0.2) is 0 Å². The number of amides is 2. The lowest BCUT2D eigenvalue weighted by atomic mass is 9.69. The predicted octanol–water partition coefficient (Wildman–Crippen LogP) is 5.49. The Morgan fingerprint density at radius 2 is 1.68 bits per heavy atom. The highest BCUT2D eigenvalue weighted by atomic mass is 16.3. The summed E-state index contributed by atoms with van der Waals surface area (Å²) < 4.78 is 0. The fourth-order valence-corrected chi connectivity index (χ4v) is 7.40. The second-order valence-electron chi connectivity index (χ2n) is 13.5. The zero-order valence-corrected chi connectivity index (χ0v) is 24.9. The molecule has 4 aliphatic rings. The Bertz CT molecular complexity index is 1110. The van der Waals surface area contributed by atoms with Crippen LogP contribution >= 0.6 is 0 Å². The molecule has 0 spiro atoms. The van der Waals surface area contributed by atoms with Crippen LogP contribution in [0.3, 0.4) is 0 Å². The standard InChI is InChI=1S/C34H49N3O3/c1-26(22-27-12-6-4-7-13-27)31(38)37-21-17-34(40,33(2,3)24-37)25-35-20-16-29(28-14-8-5-9-15-28)30(23-35)32(39)36-18-10-11-19-36/h5,8-9,14-16,23,26-27,40H,4,6-7,10-13,17-22,24-25H2,1-3H3/t26-,34-/m1/s1. The van der Waals surface area contributed by atoms with Gasteiger partial charge >= 0.3 is 0 Å². The highest BCUT2D eigenvalue weighted by Crippen LogP contribution is 2.41. The summed E-state index contributed by atoms with van der Waals surface area (Å²) in [5, 5.41) is 12.0. The normalized spacial score (nSPS) is 26.4. The maximum Gasteiger partial charge on any atom is 0.255 e. The summed E-state index contributed by atoms with van der Waals surface area (Å²) in [6.45, 7) is 10.1. The van der Waals surface area contributed by atoms with Crippen LogP contribution in [0.2, 0.25) is 0 Å². The van der Waals surface area contributed by atoms with Crippen LogP contribution in [0, 0.1) is 17.3 Å². The average molecular weight is 548 g/mol. The van der Waals surface area contributed by atoms with E-state index in [4.69, 9.17) is 0 Å². The lowest BCUT2D eigenvalue weighted by Crippen LogP contribution is -2.62. The Hall–Kier alpha value is -2.60. The van der Waals surface area contributed by atoms with Gasteiger partial charge in [-0.3, -0.25) is 9.59 Å². The zero-order chi connectivity index (χ0) is 28.3. The first-order valence-corrected chi connectivity index (χ1v) is 15.7. The third kappa shape index (κ3) is 6.17. The van der Waals surface area contributed by atoms with Crippen LogP contribution in [-0.4, -0.2) is 76.5 Å². The molecule has 1 aliphatic carbocycles. The van der Waals surface area contributed by atoms with Crippen molar-refractivity contribution in [1.29, 1.82) is 0 Å². The minimum Gasteiger partial charge on any atom is -0.387 e. The Morgan fingerprint density at radius 3 is 2.35 bits per heavy atom. The molecule has 1 aromatic carbocycles. The molecule has 2 atom stereocenters. The number of nitrogens with zero attached hydrogens (tertiary/aromatic N) is 3. The molecule has 1 saturated carbocycles. The second kappa shape index (κ2) is 12.1. The third-order valence-electron chi connectivity index (χ3n) is 10.1. The number of benzene rings is 1. The summed E-state index contributed by atoms with van der Waals surface area (Å²) in [5.74, 6) is 1.04. The van der Waals surface area contributed by atoms with Crippen molar-refractivity contribution in [2.45, 2.75) is 84.2 Å². The van der Waals surface area contributed by atoms with Crippen LogP contribution in [0.5, 0.6) is 0 Å². The second-order valence-corrected chi connectivity index (χ2v) is 13.5. The highest BCUT2D eigenvalue weighted by molar-refractivity contribution is 6.09. The molecular formula is C34H49N3O3. The number of β-amino-alcohol motifs (C(OH)–C–C–N with tert-alkyl or cyclic N) is 1. The number of hydrogen-bond donors (Lipinski definition) is 1. The number of piperidine rings is 1. The van der Waals surface area contributed by atoms with Gasteiger partial charge in [0.2, 0.25) is 5.91 Å². The first-order chi connectivity index (χ1) is 19.2. The van der Waals surface area contributed by atoms with E-state index < -0.39 is 11.0 Å². The van der Waals surface area contributed by atoms with E-state index in [1.807, 2.05) is 34.2 Å². The Balaban J connectivity index is 1.28. The molecule has 0 aromatic heterocycles. The largest absolute Gasteiger partial charge is 0.387 e. The van der Waals surface area contributed by atoms with Crippen molar-refractivity contribution in [2.24, 2.45) is 17.3 Å². The highest BCUT2D eigenvalue weighted by Gasteiger charge is 2.49. The van der Waals surface area contributed by atoms with Gasteiger partial charge in [-0.25, -0.2) is 0 Å². The first-order valence-electron chi connectivity index (χ1n) is 15.7. The molecule has 0 bridgehead atoms. The molecule has 5 rings (SSSR count). The third-order valence-corrected chi connectivity index (χ3v) is 10.1. The Morgan fingerprint density at radius 1 is 0.975 bits per heavy atom. The topological polar surface area (TPSA) is 64.1 Å². The SMILES string of the molecule is C[C@H](CC1CCCCC1)C(=O)N1CC[C@@](O)(CN2C=C(C(=O)N3CCCC3)C(c3ccccc3)=CC2)C(C)(C)C1. The average Bonchev–Trinajstić information content (AvgIpc) is 3.50. The van der Waals surface area contributed by atoms with Gasteiger partial charge in [-0.1, -0.05) is 89.3 Å². The van der Waals surface area contributed by atoms with Gasteiger partial charge in [0.1, 0.15) is 0 Å². The van der Waals surface area contributed by atoms with Crippen LogP contribution in [0.1, 0.15) is 84.1 Å². The Kier molecular flexibility index (Phi) is 8.75. The van der Waals surface area contributed by atoms with E-state index in [-0.39, 0.29) is 17.7 Å². The van der Waals surface area contributed by atoms with Crippen LogP contribution < -0.4 is 0 Å². The number of carbonyl (C=O) groups is 2. The van der Waals surface area contributed by atoms with Gasteiger partial charge in [0.25, 0.3) is 5.91 Å². The molecular weight excluding hydrogens is 498 g/mol. The molecule has 1 N–H and O–H groups in total. The summed E-state index contributed by atoms with van der Waals surface area (Å²) in [7, 11) is 0. The molecule has 3 heterocycles. The van der Waals surface area contributed by atoms with E-state index in [1.54, 1.807) is 0 Å². The van der Waals surface area contributed by atoms with Crippen molar-refractivity contribution in [2.75, 3.05) is 39.3 Å². The van der Waals surface area contributed by atoms with Crippen molar-refractivity contribution in [3.63, 3.8) is 0 Å². The van der Waals surface area contributed by atoms with Gasteiger partial charge in [0.05, 0.1) is 11.2 Å². The number of hydrogen-bond acceptors (Lipinski definition) is 4. The van der Waals surface area contributed by atoms with E-state index in [0.717, 1.165) is 43.5 Å². The molecule has 2 amide bonds. The van der Waals surface area contributed by atoms with E-state index in [2.05, 4.69) is 43.9 Å². The minimum absolute atomic E-state index is 0.0378. The number of likely N-dealkylation sites (tertiary alicyclic amines) is 2. The van der Waals surface area contributed by atoms with E-state index in [0.29, 0.717) is 44.1 Å². The quantitative estimate of drug-likeness (QED) is 0.491. The first kappa shape index (κ1) is 28.9. The molecule has 3 aliphatic heterocycles. The van der Waals surface area contributed by atoms with Crippen LogP contribution in [0.4, 0.5) is 0 Å². The lowest BCUT2D eigenvalue weighted by molar-refractivity contribution is -0.156. The summed E-state index contributed by atoms with van der Waals surface area (Å²) in [6.07, 6.45) is 14.2. The number of carbonyl (C=O) groups excluding carboxylic acids is 2. The summed E-state index contributed by atoms with van der Waals surface area (Å²) in [4.78, 5) is 33.2. The van der Waals surface area contributed by atoms with Gasteiger partial charge in [0, 0.05) is 56.8 Å². The molecule has 0 unspecified atom stereocenters. The van der Waals surface area contributed by atoms with Crippen LogP contribution in [0.25, 0.3) is 5.57 Å². The summed E-state index contributed by atoms with van der Waals surface area (Å²) in [6, 6.07) is 10.1. The summed E-state index contributed by atoms with van der Waals surface area (Å²) in [5.41, 5.74) is 1.31. The van der Waals surface area contributed by atoms with Crippen molar-refractivity contribution < 1.29 is 14.7 Å². The smallest absolute Gasteiger partial charge is 0.255 e. The van der Waals surface area contributed by atoms with E-state index >= 15 is 0 Å². The minimum atomic E-state index is -0.965. The van der Waals surface area contributed by atoms with Crippen LogP contribution in [-0.2, 0) is 9.59 Å². The maximum absolute atomic E-state index is 13.6. The van der Waals surface area contributed by atoms with Crippen molar-refractivity contribution in [1.82, 2.24) is 14.7 Å². The van der Waals surface area contributed by atoms with Gasteiger partial charge < -0.3 is 19.8 Å². The molecule has 0 radical (unpaired) electrons. The predicted molar refractivity (Wildman–Crippen MR) is 160 cm³/mol.